The van der Waals surface area contributed by atoms with E-state index >= 15 is 0 Å². The topological polar surface area (TPSA) is 41.5 Å². The van der Waals surface area contributed by atoms with Gasteiger partial charge in [0.25, 0.3) is 0 Å². The molecule has 0 fully saturated rings. The fourth-order valence-corrected chi connectivity index (χ4v) is 2.18. The molecule has 1 aromatic carbocycles. The van der Waals surface area contributed by atoms with E-state index in [-0.39, 0.29) is 5.91 Å². The summed E-state index contributed by atoms with van der Waals surface area (Å²) in [5.74, 6) is 0.0291. The van der Waals surface area contributed by atoms with Crippen LogP contribution in [0.3, 0.4) is 0 Å². The Morgan fingerprint density at radius 1 is 1.10 bits per heavy atom. The van der Waals surface area contributed by atoms with Gasteiger partial charge in [0.15, 0.2) is 0 Å². The van der Waals surface area contributed by atoms with Crippen molar-refractivity contribution >= 4 is 12.1 Å². The standard InChI is InChI=1S/C18H28N2O/c1-2-3-4-5-6-10-15-18(21)20-19-16-11-14-17-12-8-7-9-13-17/h7-9,12-13,16H,2-6,10-11,14-15H2,1H3,(H,20,21)/b19-16-. The van der Waals surface area contributed by atoms with Crippen molar-refractivity contribution in [3.63, 3.8) is 0 Å². The van der Waals surface area contributed by atoms with Crippen molar-refractivity contribution in [1.29, 1.82) is 0 Å². The molecule has 0 saturated heterocycles. The van der Waals surface area contributed by atoms with Gasteiger partial charge in [-0.3, -0.25) is 4.79 Å². The third-order valence-electron chi connectivity index (χ3n) is 3.44. The minimum absolute atomic E-state index is 0.0291. The summed E-state index contributed by atoms with van der Waals surface area (Å²) in [4.78, 5) is 11.5. The minimum atomic E-state index is 0.0291. The van der Waals surface area contributed by atoms with Crippen LogP contribution in [0.5, 0.6) is 0 Å². The Bertz CT molecular complexity index is 401. The van der Waals surface area contributed by atoms with Crippen LogP contribution in [-0.2, 0) is 11.2 Å². The van der Waals surface area contributed by atoms with Gasteiger partial charge in [-0.05, 0) is 24.8 Å². The minimum Gasteiger partial charge on any atom is -0.273 e. The molecule has 1 amide bonds. The Hall–Kier alpha value is -1.64. The third-order valence-corrected chi connectivity index (χ3v) is 3.44. The molecule has 0 spiro atoms. The molecule has 3 heteroatoms. The zero-order valence-electron chi connectivity index (χ0n) is 13.2. The first-order valence-electron chi connectivity index (χ1n) is 8.17. The number of hydrogen-bond acceptors (Lipinski definition) is 2. The van der Waals surface area contributed by atoms with Crippen LogP contribution >= 0.6 is 0 Å². The molecule has 0 aliphatic heterocycles. The van der Waals surface area contributed by atoms with Crippen molar-refractivity contribution in [3.8, 4) is 0 Å². The summed E-state index contributed by atoms with van der Waals surface area (Å²) in [6, 6.07) is 10.3. The summed E-state index contributed by atoms with van der Waals surface area (Å²) in [6.07, 6.45) is 11.4. The molecule has 116 valence electrons. The molecule has 0 atom stereocenters. The van der Waals surface area contributed by atoms with Gasteiger partial charge in [0.2, 0.25) is 5.91 Å². The fourth-order valence-electron chi connectivity index (χ4n) is 2.18. The van der Waals surface area contributed by atoms with Crippen LogP contribution in [0.1, 0.15) is 63.9 Å². The number of aryl methyl sites for hydroxylation is 1. The van der Waals surface area contributed by atoms with Crippen molar-refractivity contribution in [3.05, 3.63) is 35.9 Å². The molecular weight excluding hydrogens is 260 g/mol. The normalized spacial score (nSPS) is 10.9. The van der Waals surface area contributed by atoms with Crippen LogP contribution in [0.2, 0.25) is 0 Å². The van der Waals surface area contributed by atoms with Gasteiger partial charge >= 0.3 is 0 Å². The highest BCUT2D eigenvalue weighted by Crippen LogP contribution is 2.06. The lowest BCUT2D eigenvalue weighted by Gasteiger charge is -2.01. The van der Waals surface area contributed by atoms with Crippen molar-refractivity contribution < 1.29 is 4.79 Å². The van der Waals surface area contributed by atoms with E-state index in [0.29, 0.717) is 6.42 Å². The van der Waals surface area contributed by atoms with Crippen LogP contribution in [0.15, 0.2) is 35.4 Å². The van der Waals surface area contributed by atoms with E-state index in [9.17, 15) is 4.79 Å². The van der Waals surface area contributed by atoms with E-state index in [4.69, 9.17) is 0 Å². The highest BCUT2D eigenvalue weighted by atomic mass is 16.2. The second-order valence-electron chi connectivity index (χ2n) is 5.39. The summed E-state index contributed by atoms with van der Waals surface area (Å²) >= 11 is 0. The average molecular weight is 288 g/mol. The molecule has 3 nitrogen and oxygen atoms in total. The van der Waals surface area contributed by atoms with Crippen LogP contribution in [0.25, 0.3) is 0 Å². The molecule has 0 radical (unpaired) electrons. The highest BCUT2D eigenvalue weighted by molar-refractivity contribution is 5.76. The zero-order chi connectivity index (χ0) is 15.2. The zero-order valence-corrected chi connectivity index (χ0v) is 13.2. The maximum absolute atomic E-state index is 11.5. The summed E-state index contributed by atoms with van der Waals surface area (Å²) in [6.45, 7) is 2.21. The largest absolute Gasteiger partial charge is 0.273 e. The fraction of sp³-hybridized carbons (Fsp3) is 0.556. The monoisotopic (exact) mass is 288 g/mol. The van der Waals surface area contributed by atoms with Crippen LogP contribution < -0.4 is 5.43 Å². The maximum Gasteiger partial charge on any atom is 0.240 e. The number of nitrogens with zero attached hydrogens (tertiary/aromatic N) is 1. The molecule has 1 N–H and O–H groups in total. The van der Waals surface area contributed by atoms with Crippen LogP contribution in [0.4, 0.5) is 0 Å². The van der Waals surface area contributed by atoms with E-state index in [2.05, 4.69) is 29.6 Å². The first-order chi connectivity index (χ1) is 10.3. The Morgan fingerprint density at radius 3 is 2.57 bits per heavy atom. The van der Waals surface area contributed by atoms with E-state index < -0.39 is 0 Å². The van der Waals surface area contributed by atoms with Crippen molar-refractivity contribution in [1.82, 2.24) is 5.43 Å². The number of hydrazone groups is 1. The molecule has 0 bridgehead atoms. The molecule has 0 aliphatic rings. The van der Waals surface area contributed by atoms with E-state index in [1.54, 1.807) is 6.21 Å². The van der Waals surface area contributed by atoms with Gasteiger partial charge in [0.05, 0.1) is 0 Å². The first kappa shape index (κ1) is 17.4. The van der Waals surface area contributed by atoms with Gasteiger partial charge in [-0.1, -0.05) is 69.4 Å². The van der Waals surface area contributed by atoms with E-state index in [1.165, 1.54) is 31.2 Å². The number of nitrogens with one attached hydrogen (secondary N) is 1. The SMILES string of the molecule is CCCCCCCCC(=O)N/N=C\CCc1ccccc1. The molecule has 0 heterocycles. The number of amides is 1. The van der Waals surface area contributed by atoms with Gasteiger partial charge in [0.1, 0.15) is 0 Å². The lowest BCUT2D eigenvalue weighted by atomic mass is 10.1. The number of benzene rings is 1. The summed E-state index contributed by atoms with van der Waals surface area (Å²) < 4.78 is 0. The van der Waals surface area contributed by atoms with Crippen LogP contribution in [0, 0.1) is 0 Å². The van der Waals surface area contributed by atoms with Gasteiger partial charge < -0.3 is 0 Å². The molecule has 0 aliphatic carbocycles. The molecule has 0 unspecified atom stereocenters. The van der Waals surface area contributed by atoms with E-state index in [0.717, 1.165) is 25.7 Å². The summed E-state index contributed by atoms with van der Waals surface area (Å²) in [5.41, 5.74) is 3.90. The molecular formula is C18H28N2O. The van der Waals surface area contributed by atoms with Gasteiger partial charge in [-0.2, -0.15) is 5.10 Å². The van der Waals surface area contributed by atoms with Gasteiger partial charge in [0, 0.05) is 12.6 Å². The second-order valence-corrected chi connectivity index (χ2v) is 5.39. The first-order valence-corrected chi connectivity index (χ1v) is 8.17. The molecule has 0 aromatic heterocycles. The highest BCUT2D eigenvalue weighted by Gasteiger charge is 1.98. The Kier molecular flexibility index (Phi) is 10.1. The van der Waals surface area contributed by atoms with Crippen molar-refractivity contribution in [2.75, 3.05) is 0 Å². The molecule has 0 saturated carbocycles. The number of carbonyl (C=O) groups excluding carboxylic acids is 1. The Balaban J connectivity index is 1.98. The average Bonchev–Trinajstić information content (AvgIpc) is 2.51. The number of carbonyl (C=O) groups is 1. The lowest BCUT2D eigenvalue weighted by molar-refractivity contribution is -0.121. The smallest absolute Gasteiger partial charge is 0.240 e. The van der Waals surface area contributed by atoms with Crippen LogP contribution in [-0.4, -0.2) is 12.1 Å². The van der Waals surface area contributed by atoms with Gasteiger partial charge in [-0.15, -0.1) is 0 Å². The quantitative estimate of drug-likeness (QED) is 0.364. The number of hydrogen-bond donors (Lipinski definition) is 1. The second kappa shape index (κ2) is 12.1. The van der Waals surface area contributed by atoms with Gasteiger partial charge in [-0.25, -0.2) is 5.43 Å². The lowest BCUT2D eigenvalue weighted by Crippen LogP contribution is -2.16. The molecule has 1 aromatic rings. The van der Waals surface area contributed by atoms with Crippen molar-refractivity contribution in [2.45, 2.75) is 64.7 Å². The molecule has 1 rings (SSSR count). The predicted molar refractivity (Wildman–Crippen MR) is 89.4 cm³/mol. The Labute approximate surface area is 128 Å². The third kappa shape index (κ3) is 9.83. The maximum atomic E-state index is 11.5. The molecule has 21 heavy (non-hydrogen) atoms. The summed E-state index contributed by atoms with van der Waals surface area (Å²) in [7, 11) is 0. The van der Waals surface area contributed by atoms with E-state index in [1.807, 2.05) is 18.2 Å². The Morgan fingerprint density at radius 2 is 1.81 bits per heavy atom. The number of rotatable bonds is 11. The predicted octanol–water partition coefficient (Wildman–Crippen LogP) is 4.47. The number of unbranched alkanes of at least 4 members (excludes halogenated alkanes) is 5. The van der Waals surface area contributed by atoms with Crippen molar-refractivity contribution in [2.24, 2.45) is 5.10 Å². The summed E-state index contributed by atoms with van der Waals surface area (Å²) in [5, 5.41) is 3.99.